The van der Waals surface area contributed by atoms with Crippen LogP contribution in [0.25, 0.3) is 0 Å². The molecular weight excluding hydrogens is 401 g/mol. The van der Waals surface area contributed by atoms with Crippen LogP contribution in [0.1, 0.15) is 12.0 Å². The number of nitrogens with one attached hydrogen (secondary N) is 1. The Bertz CT molecular complexity index is 761. The number of thioether (sulfide) groups is 2. The second-order valence-corrected chi connectivity index (χ2v) is 8.14. The smallest absolute Gasteiger partial charge is 0.408 e. The summed E-state index contributed by atoms with van der Waals surface area (Å²) >= 11 is 2.99. The normalized spacial score (nSPS) is 11.6. The van der Waals surface area contributed by atoms with Crippen molar-refractivity contribution < 1.29 is 23.8 Å². The zero-order valence-electron chi connectivity index (χ0n) is 15.2. The number of hydrogen-bond acceptors (Lipinski definition) is 5. The average molecular weight is 424 g/mol. The first-order valence-electron chi connectivity index (χ1n) is 8.71. The molecule has 0 spiro atoms. The second kappa shape index (κ2) is 12.3. The van der Waals surface area contributed by atoms with Gasteiger partial charge in [0.15, 0.2) is 0 Å². The lowest BCUT2D eigenvalue weighted by atomic mass is 10.2. The van der Waals surface area contributed by atoms with Gasteiger partial charge in [0.2, 0.25) is 0 Å². The highest BCUT2D eigenvalue weighted by atomic mass is 32.2. The third-order valence-electron chi connectivity index (χ3n) is 3.68. The van der Waals surface area contributed by atoms with E-state index in [1.807, 2.05) is 30.3 Å². The van der Waals surface area contributed by atoms with Crippen LogP contribution in [0.15, 0.2) is 59.5 Å². The highest BCUT2D eigenvalue weighted by Crippen LogP contribution is 2.22. The fraction of sp³-hybridized carbons (Fsp3) is 0.300. The van der Waals surface area contributed by atoms with Crippen molar-refractivity contribution in [3.05, 3.63) is 66.0 Å². The topological polar surface area (TPSA) is 75.6 Å². The third-order valence-corrected chi connectivity index (χ3v) is 6.00. The van der Waals surface area contributed by atoms with Crippen molar-refractivity contribution in [2.45, 2.75) is 24.0 Å². The minimum atomic E-state index is -1.10. The predicted molar refractivity (Wildman–Crippen MR) is 110 cm³/mol. The molecule has 0 fully saturated rings. The molecule has 2 aromatic carbocycles. The molecule has 0 aromatic heterocycles. The van der Waals surface area contributed by atoms with Crippen LogP contribution in [-0.4, -0.2) is 40.5 Å². The number of halogens is 1. The van der Waals surface area contributed by atoms with Crippen molar-refractivity contribution in [3.8, 4) is 0 Å². The first-order chi connectivity index (χ1) is 13.6. The van der Waals surface area contributed by atoms with Crippen LogP contribution >= 0.6 is 23.5 Å². The molecule has 0 bridgehead atoms. The van der Waals surface area contributed by atoms with E-state index in [2.05, 4.69) is 5.32 Å². The van der Waals surface area contributed by atoms with Gasteiger partial charge in [-0.2, -0.15) is 11.8 Å². The Hall–Kier alpha value is -2.19. The van der Waals surface area contributed by atoms with E-state index in [1.165, 1.54) is 17.8 Å². The molecular formula is C20H22FNO4S2. The molecule has 0 aliphatic carbocycles. The lowest BCUT2D eigenvalue weighted by molar-refractivity contribution is -0.139. The lowest BCUT2D eigenvalue weighted by Crippen LogP contribution is -2.41. The zero-order valence-corrected chi connectivity index (χ0v) is 16.8. The third kappa shape index (κ3) is 8.22. The van der Waals surface area contributed by atoms with E-state index in [9.17, 15) is 19.1 Å². The van der Waals surface area contributed by atoms with Crippen LogP contribution in [0.5, 0.6) is 0 Å². The Balaban J connectivity index is 1.63. The molecule has 0 aliphatic rings. The van der Waals surface area contributed by atoms with Gasteiger partial charge in [0.1, 0.15) is 18.5 Å². The van der Waals surface area contributed by atoms with Gasteiger partial charge in [0.25, 0.3) is 0 Å². The molecule has 0 aliphatic heterocycles. The van der Waals surface area contributed by atoms with Crippen molar-refractivity contribution >= 4 is 35.6 Å². The van der Waals surface area contributed by atoms with Crippen molar-refractivity contribution in [1.29, 1.82) is 0 Å². The van der Waals surface area contributed by atoms with Gasteiger partial charge in [-0.3, -0.25) is 0 Å². The summed E-state index contributed by atoms with van der Waals surface area (Å²) in [4.78, 5) is 23.7. The summed E-state index contributed by atoms with van der Waals surface area (Å²) in [5.74, 6) is 0.702. The van der Waals surface area contributed by atoms with Gasteiger partial charge in [-0.15, -0.1) is 11.8 Å². The Kier molecular flexibility index (Phi) is 9.71. The van der Waals surface area contributed by atoms with Crippen molar-refractivity contribution in [2.24, 2.45) is 0 Å². The van der Waals surface area contributed by atoms with Crippen molar-refractivity contribution in [1.82, 2.24) is 5.32 Å². The van der Waals surface area contributed by atoms with Crippen LogP contribution in [-0.2, 0) is 16.1 Å². The molecule has 5 nitrogen and oxygen atoms in total. The number of rotatable bonds is 11. The molecule has 0 radical (unpaired) electrons. The molecule has 0 saturated carbocycles. The fourth-order valence-electron chi connectivity index (χ4n) is 2.24. The number of ether oxygens (including phenoxy) is 1. The summed E-state index contributed by atoms with van der Waals surface area (Å²) < 4.78 is 18.6. The minimum Gasteiger partial charge on any atom is -0.480 e. The molecule has 0 saturated heterocycles. The quantitative estimate of drug-likeness (QED) is 0.412. The minimum absolute atomic E-state index is 0.0844. The van der Waals surface area contributed by atoms with Gasteiger partial charge in [0.05, 0.1) is 0 Å². The van der Waals surface area contributed by atoms with E-state index in [1.54, 1.807) is 30.0 Å². The lowest BCUT2D eigenvalue weighted by Gasteiger charge is -2.14. The number of amides is 1. The highest BCUT2D eigenvalue weighted by molar-refractivity contribution is 8.02. The van der Waals surface area contributed by atoms with Crippen LogP contribution in [0.2, 0.25) is 0 Å². The average Bonchev–Trinajstić information content (AvgIpc) is 2.70. The van der Waals surface area contributed by atoms with E-state index in [4.69, 9.17) is 4.74 Å². The SMILES string of the molecule is O=C(NC(CCSCCSc1ccccc1F)C(=O)O)OCc1ccccc1. The number of benzene rings is 2. The summed E-state index contributed by atoms with van der Waals surface area (Å²) in [5, 5.41) is 11.6. The molecule has 2 rings (SSSR count). The molecule has 1 atom stereocenters. The number of hydrogen-bond donors (Lipinski definition) is 2. The zero-order chi connectivity index (χ0) is 20.2. The number of carbonyl (C=O) groups excluding carboxylic acids is 1. The summed E-state index contributed by atoms with van der Waals surface area (Å²) in [7, 11) is 0. The summed E-state index contributed by atoms with van der Waals surface area (Å²) in [6, 6.07) is 14.8. The van der Waals surface area contributed by atoms with Crippen LogP contribution < -0.4 is 5.32 Å². The Labute approximate surface area is 172 Å². The first kappa shape index (κ1) is 22.1. The monoisotopic (exact) mass is 423 g/mol. The van der Waals surface area contributed by atoms with Gasteiger partial charge in [-0.05, 0) is 29.9 Å². The van der Waals surface area contributed by atoms with Crippen LogP contribution in [0, 0.1) is 5.82 Å². The van der Waals surface area contributed by atoms with E-state index in [0.29, 0.717) is 10.6 Å². The van der Waals surface area contributed by atoms with E-state index >= 15 is 0 Å². The molecule has 2 N–H and O–H groups in total. The maximum Gasteiger partial charge on any atom is 0.408 e. The maximum absolute atomic E-state index is 13.5. The number of carboxylic acid groups (broad SMARTS) is 1. The summed E-state index contributed by atoms with van der Waals surface area (Å²) in [6.45, 7) is 0.0844. The van der Waals surface area contributed by atoms with Gasteiger partial charge in [-0.25, -0.2) is 14.0 Å². The van der Waals surface area contributed by atoms with Gasteiger partial charge < -0.3 is 15.2 Å². The molecule has 28 heavy (non-hydrogen) atoms. The Morgan fingerprint density at radius 1 is 1.04 bits per heavy atom. The molecule has 1 amide bonds. The predicted octanol–water partition coefficient (Wildman–Crippen LogP) is 4.42. The van der Waals surface area contributed by atoms with E-state index < -0.39 is 18.1 Å². The van der Waals surface area contributed by atoms with Gasteiger partial charge >= 0.3 is 12.1 Å². The standard InChI is InChI=1S/C20H22FNO4S2/c21-16-8-4-5-9-18(16)28-13-12-27-11-10-17(19(23)24)22-20(25)26-14-15-6-2-1-3-7-15/h1-9,17H,10-14H2,(H,22,25)(H,23,24). The van der Waals surface area contributed by atoms with Crippen LogP contribution in [0.3, 0.4) is 0 Å². The molecule has 2 aromatic rings. The van der Waals surface area contributed by atoms with Crippen LogP contribution in [0.4, 0.5) is 9.18 Å². The maximum atomic E-state index is 13.5. The van der Waals surface area contributed by atoms with Gasteiger partial charge in [0, 0.05) is 16.4 Å². The van der Waals surface area contributed by atoms with E-state index in [-0.39, 0.29) is 18.8 Å². The fourth-order valence-corrected chi connectivity index (χ4v) is 4.25. The molecule has 0 heterocycles. The van der Waals surface area contributed by atoms with E-state index in [0.717, 1.165) is 17.1 Å². The molecule has 150 valence electrons. The highest BCUT2D eigenvalue weighted by Gasteiger charge is 2.20. The number of carbonyl (C=O) groups is 2. The number of aliphatic carboxylic acids is 1. The first-order valence-corrected chi connectivity index (χ1v) is 10.9. The molecule has 1 unspecified atom stereocenters. The van der Waals surface area contributed by atoms with Gasteiger partial charge in [-0.1, -0.05) is 42.5 Å². The Morgan fingerprint density at radius 3 is 2.46 bits per heavy atom. The largest absolute Gasteiger partial charge is 0.480 e. The van der Waals surface area contributed by atoms with Crippen molar-refractivity contribution in [3.63, 3.8) is 0 Å². The number of carboxylic acids is 1. The number of alkyl carbamates (subject to hydrolysis) is 1. The second-order valence-electron chi connectivity index (χ2n) is 5.78. The van der Waals surface area contributed by atoms with Crippen molar-refractivity contribution in [2.75, 3.05) is 17.3 Å². The molecule has 8 heteroatoms. The summed E-state index contributed by atoms with van der Waals surface area (Å²) in [5.41, 5.74) is 0.826. The summed E-state index contributed by atoms with van der Waals surface area (Å²) in [6.07, 6.45) is -0.471. The Morgan fingerprint density at radius 2 is 1.75 bits per heavy atom.